The van der Waals surface area contributed by atoms with Crippen molar-refractivity contribution in [1.29, 1.82) is 0 Å². The molecule has 1 aromatic heterocycles. The molecule has 0 unspecified atom stereocenters. The average molecular weight is 410 g/mol. The van der Waals surface area contributed by atoms with Crippen LogP contribution in [0.5, 0.6) is 11.7 Å². The van der Waals surface area contributed by atoms with Crippen molar-refractivity contribution >= 4 is 23.0 Å². The van der Waals surface area contributed by atoms with Crippen molar-refractivity contribution in [3.05, 3.63) is 48.0 Å². The topological polar surface area (TPSA) is 90.2 Å². The van der Waals surface area contributed by atoms with E-state index in [0.29, 0.717) is 43.2 Å². The molecule has 2 amide bonds. The molecule has 8 nitrogen and oxygen atoms in total. The van der Waals surface area contributed by atoms with Gasteiger partial charge in [0.1, 0.15) is 0 Å². The maximum Gasteiger partial charge on any atom is 0.414 e. The van der Waals surface area contributed by atoms with Crippen LogP contribution >= 0.6 is 0 Å². The molecule has 0 spiro atoms. The van der Waals surface area contributed by atoms with E-state index in [1.165, 1.54) is 7.05 Å². The molecule has 1 aliphatic rings. The quantitative estimate of drug-likeness (QED) is 0.710. The molecular weight excluding hydrogens is 388 g/mol. The molecule has 30 heavy (non-hydrogen) atoms. The summed E-state index contributed by atoms with van der Waals surface area (Å²) in [7, 11) is 3.02. The van der Waals surface area contributed by atoms with Crippen LogP contribution in [-0.4, -0.2) is 57.4 Å². The van der Waals surface area contributed by atoms with Gasteiger partial charge in [0.25, 0.3) is 11.9 Å². The third-order valence-corrected chi connectivity index (χ3v) is 4.94. The lowest BCUT2D eigenvalue weighted by molar-refractivity contribution is 0.0303. The Balaban J connectivity index is 1.62. The van der Waals surface area contributed by atoms with E-state index < -0.39 is 6.09 Å². The Kier molecular flexibility index (Phi) is 5.58. The molecule has 0 radical (unpaired) electrons. The highest BCUT2D eigenvalue weighted by Gasteiger charge is 2.19. The summed E-state index contributed by atoms with van der Waals surface area (Å²) in [5, 5.41) is 3.10. The molecule has 1 aliphatic heterocycles. The minimum atomic E-state index is -0.617. The van der Waals surface area contributed by atoms with Crippen molar-refractivity contribution in [2.24, 2.45) is 0 Å². The number of benzene rings is 2. The van der Waals surface area contributed by atoms with Gasteiger partial charge in [-0.25, -0.2) is 4.79 Å². The van der Waals surface area contributed by atoms with Gasteiger partial charge in [0.15, 0.2) is 11.3 Å². The summed E-state index contributed by atoms with van der Waals surface area (Å²) in [6.07, 6.45) is -0.617. The number of nitrogens with one attached hydrogen (secondary N) is 1. The smallest absolute Gasteiger partial charge is 0.414 e. The van der Waals surface area contributed by atoms with Gasteiger partial charge in [0, 0.05) is 37.2 Å². The standard InChI is InChI=1S/C22H22N2O6/c1-23-22(26)30-19-13-17-11-16(12-18(27-2)20(17)29-19)14-3-5-15(6-4-14)21(25)24-7-9-28-10-8-24/h3-6,11-13H,7-10H2,1-2H3,(H,23,26). The first-order chi connectivity index (χ1) is 14.6. The van der Waals surface area contributed by atoms with Gasteiger partial charge in [-0.3, -0.25) is 4.79 Å². The number of ether oxygens (including phenoxy) is 3. The fourth-order valence-corrected chi connectivity index (χ4v) is 3.36. The number of morpholine rings is 1. The number of carbonyl (C=O) groups is 2. The predicted octanol–water partition coefficient (Wildman–Crippen LogP) is 3.30. The van der Waals surface area contributed by atoms with Gasteiger partial charge in [-0.1, -0.05) is 12.1 Å². The second-order valence-electron chi connectivity index (χ2n) is 6.78. The summed E-state index contributed by atoms with van der Waals surface area (Å²) in [5.41, 5.74) is 2.93. The number of hydrogen-bond donors (Lipinski definition) is 1. The molecule has 1 fully saturated rings. The largest absolute Gasteiger partial charge is 0.493 e. The third kappa shape index (κ3) is 3.95. The van der Waals surface area contributed by atoms with Crippen molar-refractivity contribution in [1.82, 2.24) is 10.2 Å². The molecular formula is C22H22N2O6. The van der Waals surface area contributed by atoms with Crippen molar-refractivity contribution in [2.45, 2.75) is 0 Å². The molecule has 0 aliphatic carbocycles. The Morgan fingerprint density at radius 1 is 1.03 bits per heavy atom. The number of nitrogens with zero attached hydrogens (tertiary/aromatic N) is 1. The number of carbonyl (C=O) groups excluding carboxylic acids is 2. The zero-order valence-electron chi connectivity index (χ0n) is 16.8. The highest BCUT2D eigenvalue weighted by molar-refractivity contribution is 5.95. The number of fused-ring (bicyclic) bond motifs is 1. The van der Waals surface area contributed by atoms with Gasteiger partial charge in [-0.05, 0) is 35.4 Å². The second-order valence-corrected chi connectivity index (χ2v) is 6.78. The van der Waals surface area contributed by atoms with Gasteiger partial charge in [-0.2, -0.15) is 0 Å². The van der Waals surface area contributed by atoms with Crippen LogP contribution in [-0.2, 0) is 4.74 Å². The van der Waals surface area contributed by atoms with Crippen LogP contribution in [0.1, 0.15) is 10.4 Å². The molecule has 0 atom stereocenters. The number of amides is 2. The number of hydrogen-bond acceptors (Lipinski definition) is 6. The Morgan fingerprint density at radius 2 is 1.77 bits per heavy atom. The molecule has 1 N–H and O–H groups in total. The Hall–Kier alpha value is -3.52. The molecule has 0 bridgehead atoms. The summed E-state index contributed by atoms with van der Waals surface area (Å²) in [4.78, 5) is 25.9. The lowest BCUT2D eigenvalue weighted by atomic mass is 10.0. The minimum Gasteiger partial charge on any atom is -0.493 e. The van der Waals surface area contributed by atoms with Crippen LogP contribution in [0.25, 0.3) is 22.1 Å². The SMILES string of the molecule is CNC(=O)Oc1cc2cc(-c3ccc(C(=O)N4CCOCC4)cc3)cc(OC)c2o1. The highest BCUT2D eigenvalue weighted by Crippen LogP contribution is 2.37. The maximum atomic E-state index is 12.6. The van der Waals surface area contributed by atoms with Gasteiger partial charge < -0.3 is 28.8 Å². The zero-order valence-corrected chi connectivity index (χ0v) is 16.8. The van der Waals surface area contributed by atoms with E-state index in [0.717, 1.165) is 16.5 Å². The van der Waals surface area contributed by atoms with Crippen molar-refractivity contribution < 1.29 is 28.2 Å². The Labute approximate surface area is 173 Å². The molecule has 0 saturated carbocycles. The van der Waals surface area contributed by atoms with E-state index in [2.05, 4.69) is 5.32 Å². The normalized spacial score (nSPS) is 13.9. The summed E-state index contributed by atoms with van der Waals surface area (Å²) < 4.78 is 21.4. The average Bonchev–Trinajstić information content (AvgIpc) is 3.20. The monoisotopic (exact) mass is 410 g/mol. The maximum absolute atomic E-state index is 12.6. The van der Waals surface area contributed by atoms with Crippen molar-refractivity contribution in [3.8, 4) is 22.8 Å². The zero-order chi connectivity index (χ0) is 21.1. The van der Waals surface area contributed by atoms with Gasteiger partial charge in [0.05, 0.1) is 20.3 Å². The Morgan fingerprint density at radius 3 is 2.43 bits per heavy atom. The van der Waals surface area contributed by atoms with Crippen LogP contribution < -0.4 is 14.8 Å². The lowest BCUT2D eigenvalue weighted by Gasteiger charge is -2.26. The van der Waals surface area contributed by atoms with Gasteiger partial charge in [0.2, 0.25) is 0 Å². The fourth-order valence-electron chi connectivity index (χ4n) is 3.36. The number of methoxy groups -OCH3 is 1. The minimum absolute atomic E-state index is 0.00343. The summed E-state index contributed by atoms with van der Waals surface area (Å²) >= 11 is 0. The van der Waals surface area contributed by atoms with E-state index in [1.54, 1.807) is 18.1 Å². The molecule has 4 rings (SSSR count). The molecule has 2 heterocycles. The lowest BCUT2D eigenvalue weighted by Crippen LogP contribution is -2.40. The third-order valence-electron chi connectivity index (χ3n) is 4.94. The Bertz CT molecular complexity index is 1070. The van der Waals surface area contributed by atoms with Crippen LogP contribution in [0.4, 0.5) is 4.79 Å². The van der Waals surface area contributed by atoms with Gasteiger partial charge in [-0.15, -0.1) is 0 Å². The molecule has 156 valence electrons. The van der Waals surface area contributed by atoms with Crippen molar-refractivity contribution in [3.63, 3.8) is 0 Å². The van der Waals surface area contributed by atoms with Crippen LogP contribution in [0.3, 0.4) is 0 Å². The highest BCUT2D eigenvalue weighted by atomic mass is 16.6. The summed E-state index contributed by atoms with van der Waals surface area (Å²) in [5.74, 6) is 0.595. The molecule has 3 aromatic rings. The van der Waals surface area contributed by atoms with E-state index in [-0.39, 0.29) is 11.9 Å². The first-order valence-corrected chi connectivity index (χ1v) is 9.57. The summed E-state index contributed by atoms with van der Waals surface area (Å²) in [6, 6.07) is 12.8. The van der Waals surface area contributed by atoms with Gasteiger partial charge >= 0.3 is 6.09 Å². The first-order valence-electron chi connectivity index (χ1n) is 9.57. The fraction of sp³-hybridized carbons (Fsp3) is 0.273. The molecule has 2 aromatic carbocycles. The van der Waals surface area contributed by atoms with Crippen molar-refractivity contribution in [2.75, 3.05) is 40.5 Å². The van der Waals surface area contributed by atoms with E-state index in [1.807, 2.05) is 36.4 Å². The number of furan rings is 1. The van der Waals surface area contributed by atoms with Crippen LogP contribution in [0.15, 0.2) is 46.9 Å². The molecule has 1 saturated heterocycles. The van der Waals surface area contributed by atoms with Crippen LogP contribution in [0.2, 0.25) is 0 Å². The van der Waals surface area contributed by atoms with E-state index >= 15 is 0 Å². The number of rotatable bonds is 4. The van der Waals surface area contributed by atoms with Crippen LogP contribution in [0, 0.1) is 0 Å². The second kappa shape index (κ2) is 8.46. The summed E-state index contributed by atoms with van der Waals surface area (Å²) in [6.45, 7) is 2.35. The van der Waals surface area contributed by atoms with E-state index in [9.17, 15) is 9.59 Å². The van der Waals surface area contributed by atoms with E-state index in [4.69, 9.17) is 18.6 Å². The first kappa shape index (κ1) is 19.8. The predicted molar refractivity (Wildman–Crippen MR) is 110 cm³/mol. The molecule has 8 heteroatoms.